The molecule has 1 aromatic rings. The van der Waals surface area contributed by atoms with Crippen LogP contribution in [0.25, 0.3) is 0 Å². The second-order valence-corrected chi connectivity index (χ2v) is 5.07. The number of nitrogens with zero attached hydrogens (tertiary/aromatic N) is 3. The number of rotatable bonds is 3. The predicted octanol–water partition coefficient (Wildman–Crippen LogP) is 1.53. The number of halogens is 1. The average molecular weight is 269 g/mol. The van der Waals surface area contributed by atoms with Gasteiger partial charge in [0.25, 0.3) is 0 Å². The largest absolute Gasteiger partial charge is 0.370 e. The van der Waals surface area contributed by atoms with Gasteiger partial charge in [-0.05, 0) is 25.7 Å². The molecule has 18 heavy (non-hydrogen) atoms. The lowest BCUT2D eigenvalue weighted by atomic mass is 9.93. The molecule has 1 amide bonds. The van der Waals surface area contributed by atoms with Crippen LogP contribution in [0.15, 0.2) is 6.33 Å². The van der Waals surface area contributed by atoms with Gasteiger partial charge < -0.3 is 10.6 Å². The summed E-state index contributed by atoms with van der Waals surface area (Å²) in [4.78, 5) is 21.3. The molecule has 2 N–H and O–H groups in total. The second kappa shape index (κ2) is 5.52. The Morgan fingerprint density at radius 1 is 1.50 bits per heavy atom. The van der Waals surface area contributed by atoms with Crippen molar-refractivity contribution >= 4 is 23.3 Å². The predicted molar refractivity (Wildman–Crippen MR) is 70.5 cm³/mol. The van der Waals surface area contributed by atoms with Crippen LogP contribution in [0.4, 0.5) is 5.82 Å². The van der Waals surface area contributed by atoms with E-state index in [4.69, 9.17) is 17.3 Å². The molecule has 1 aliphatic heterocycles. The summed E-state index contributed by atoms with van der Waals surface area (Å²) in [6.45, 7) is 3.69. The first kappa shape index (κ1) is 13.1. The molecule has 0 aromatic carbocycles. The molecule has 0 saturated carbocycles. The Kier molecular flexibility index (Phi) is 4.01. The lowest BCUT2D eigenvalue weighted by molar-refractivity contribution is -0.119. The van der Waals surface area contributed by atoms with E-state index < -0.39 is 0 Å². The van der Waals surface area contributed by atoms with Gasteiger partial charge in [0.05, 0.1) is 0 Å². The molecule has 98 valence electrons. The SMILES string of the molecule is Cc1c(Cl)ncnc1N1CCC(CC(N)=O)CC1. The van der Waals surface area contributed by atoms with Crippen LogP contribution in [0.5, 0.6) is 0 Å². The Bertz CT molecular complexity index is 444. The molecule has 1 saturated heterocycles. The van der Waals surface area contributed by atoms with Crippen molar-refractivity contribution < 1.29 is 4.79 Å². The highest BCUT2D eigenvalue weighted by Gasteiger charge is 2.22. The van der Waals surface area contributed by atoms with E-state index in [0.29, 0.717) is 17.5 Å². The minimum atomic E-state index is -0.213. The van der Waals surface area contributed by atoms with Gasteiger partial charge >= 0.3 is 0 Å². The molecule has 5 nitrogen and oxygen atoms in total. The van der Waals surface area contributed by atoms with Crippen LogP contribution < -0.4 is 10.6 Å². The molecule has 0 atom stereocenters. The monoisotopic (exact) mass is 268 g/mol. The highest BCUT2D eigenvalue weighted by molar-refractivity contribution is 6.30. The quantitative estimate of drug-likeness (QED) is 0.844. The smallest absolute Gasteiger partial charge is 0.217 e. The number of piperidine rings is 1. The maximum absolute atomic E-state index is 10.9. The molecule has 6 heteroatoms. The fourth-order valence-electron chi connectivity index (χ4n) is 2.37. The van der Waals surface area contributed by atoms with Crippen LogP contribution in [0.1, 0.15) is 24.8 Å². The number of hydrogen-bond donors (Lipinski definition) is 1. The van der Waals surface area contributed by atoms with E-state index in [-0.39, 0.29) is 5.91 Å². The van der Waals surface area contributed by atoms with Gasteiger partial charge in [0.1, 0.15) is 17.3 Å². The topological polar surface area (TPSA) is 72.1 Å². The molecule has 1 aliphatic rings. The molecule has 0 radical (unpaired) electrons. The van der Waals surface area contributed by atoms with Crippen LogP contribution in [-0.4, -0.2) is 29.0 Å². The summed E-state index contributed by atoms with van der Waals surface area (Å²) >= 11 is 5.99. The number of carbonyl (C=O) groups excluding carboxylic acids is 1. The van der Waals surface area contributed by atoms with E-state index in [1.807, 2.05) is 6.92 Å². The van der Waals surface area contributed by atoms with Crippen molar-refractivity contribution in [2.24, 2.45) is 11.7 Å². The van der Waals surface area contributed by atoms with Gasteiger partial charge in [-0.2, -0.15) is 0 Å². The van der Waals surface area contributed by atoms with E-state index in [9.17, 15) is 4.79 Å². The zero-order valence-electron chi connectivity index (χ0n) is 10.4. The van der Waals surface area contributed by atoms with Gasteiger partial charge in [-0.25, -0.2) is 9.97 Å². The van der Waals surface area contributed by atoms with Crippen LogP contribution in [0.3, 0.4) is 0 Å². The number of carbonyl (C=O) groups is 1. The number of nitrogens with two attached hydrogens (primary N) is 1. The normalized spacial score (nSPS) is 16.9. The Labute approximate surface area is 111 Å². The van der Waals surface area contributed by atoms with E-state index in [2.05, 4.69) is 14.9 Å². The zero-order valence-corrected chi connectivity index (χ0v) is 11.2. The van der Waals surface area contributed by atoms with E-state index in [1.165, 1.54) is 6.33 Å². The summed E-state index contributed by atoms with van der Waals surface area (Å²) in [5, 5.41) is 0.499. The minimum Gasteiger partial charge on any atom is -0.370 e. The third-order valence-corrected chi connectivity index (χ3v) is 3.78. The van der Waals surface area contributed by atoms with Crippen molar-refractivity contribution in [3.63, 3.8) is 0 Å². The van der Waals surface area contributed by atoms with Crippen molar-refractivity contribution in [2.45, 2.75) is 26.2 Å². The van der Waals surface area contributed by atoms with Crippen molar-refractivity contribution in [2.75, 3.05) is 18.0 Å². The van der Waals surface area contributed by atoms with Crippen LogP contribution in [0.2, 0.25) is 5.15 Å². The zero-order chi connectivity index (χ0) is 13.1. The van der Waals surface area contributed by atoms with Gasteiger partial charge in [-0.3, -0.25) is 4.79 Å². The average Bonchev–Trinajstić information content (AvgIpc) is 2.33. The van der Waals surface area contributed by atoms with Crippen molar-refractivity contribution in [3.05, 3.63) is 17.0 Å². The molecule has 1 fully saturated rings. The maximum Gasteiger partial charge on any atom is 0.217 e. The summed E-state index contributed by atoms with van der Waals surface area (Å²) < 4.78 is 0. The van der Waals surface area contributed by atoms with E-state index in [1.54, 1.807) is 0 Å². The van der Waals surface area contributed by atoms with E-state index >= 15 is 0 Å². The number of anilines is 1. The molecule has 0 aliphatic carbocycles. The van der Waals surface area contributed by atoms with Crippen LogP contribution in [0, 0.1) is 12.8 Å². The molecule has 0 spiro atoms. The number of amides is 1. The minimum absolute atomic E-state index is 0.213. The first-order valence-electron chi connectivity index (χ1n) is 6.08. The summed E-state index contributed by atoms with van der Waals surface area (Å²) in [5.41, 5.74) is 6.13. The third-order valence-electron chi connectivity index (χ3n) is 3.40. The second-order valence-electron chi connectivity index (χ2n) is 4.71. The standard InChI is InChI=1S/C12H17ClN4O/c1-8-11(13)15-7-16-12(8)17-4-2-9(3-5-17)6-10(14)18/h7,9H,2-6H2,1H3,(H2,14,18). The van der Waals surface area contributed by atoms with Crippen molar-refractivity contribution in [1.82, 2.24) is 9.97 Å². The summed E-state index contributed by atoms with van der Waals surface area (Å²) in [5.74, 6) is 1.08. The first-order chi connectivity index (χ1) is 8.58. The highest BCUT2D eigenvalue weighted by Crippen LogP contribution is 2.27. The summed E-state index contributed by atoms with van der Waals surface area (Å²) in [7, 11) is 0. The Balaban J connectivity index is 2.01. The van der Waals surface area contributed by atoms with Crippen molar-refractivity contribution in [1.29, 1.82) is 0 Å². The van der Waals surface area contributed by atoms with Gasteiger partial charge in [0.15, 0.2) is 0 Å². The fraction of sp³-hybridized carbons (Fsp3) is 0.583. The summed E-state index contributed by atoms with van der Waals surface area (Å²) in [6.07, 6.45) is 3.89. The van der Waals surface area contributed by atoms with Gasteiger partial charge in [0.2, 0.25) is 5.91 Å². The molecular formula is C12H17ClN4O. The van der Waals surface area contributed by atoms with Crippen LogP contribution >= 0.6 is 11.6 Å². The Morgan fingerprint density at radius 2 is 2.17 bits per heavy atom. The van der Waals surface area contributed by atoms with Gasteiger partial charge in [0, 0.05) is 25.1 Å². The van der Waals surface area contributed by atoms with Crippen LogP contribution in [-0.2, 0) is 4.79 Å². The summed E-state index contributed by atoms with van der Waals surface area (Å²) in [6, 6.07) is 0. The molecule has 2 rings (SSSR count). The number of hydrogen-bond acceptors (Lipinski definition) is 4. The molecule has 0 bridgehead atoms. The Hall–Kier alpha value is -1.36. The van der Waals surface area contributed by atoms with Crippen molar-refractivity contribution in [3.8, 4) is 0 Å². The lowest BCUT2D eigenvalue weighted by Crippen LogP contribution is -2.36. The highest BCUT2D eigenvalue weighted by atomic mass is 35.5. The first-order valence-corrected chi connectivity index (χ1v) is 6.46. The van der Waals surface area contributed by atoms with E-state index in [0.717, 1.165) is 37.3 Å². The third kappa shape index (κ3) is 2.90. The van der Waals surface area contributed by atoms with Gasteiger partial charge in [-0.15, -0.1) is 0 Å². The number of aromatic nitrogens is 2. The van der Waals surface area contributed by atoms with Gasteiger partial charge in [-0.1, -0.05) is 11.6 Å². The maximum atomic E-state index is 10.9. The Morgan fingerprint density at radius 3 is 2.78 bits per heavy atom. The molecule has 2 heterocycles. The molecule has 1 aromatic heterocycles. The fourth-order valence-corrected chi connectivity index (χ4v) is 2.50. The number of primary amides is 1. The molecular weight excluding hydrogens is 252 g/mol. The lowest BCUT2D eigenvalue weighted by Gasteiger charge is -2.33. The molecule has 0 unspecified atom stereocenters.